The van der Waals surface area contributed by atoms with Crippen LogP contribution in [0.3, 0.4) is 0 Å². The zero-order valence-electron chi connectivity index (χ0n) is 21.7. The number of nitrogens with one attached hydrogen (secondary N) is 1. The van der Waals surface area contributed by atoms with Gasteiger partial charge < -0.3 is 19.6 Å². The van der Waals surface area contributed by atoms with E-state index in [1.54, 1.807) is 6.20 Å². The molecule has 1 N–H and O–H groups in total. The molecule has 4 rings (SSSR count). The highest BCUT2D eigenvalue weighted by Crippen LogP contribution is 2.32. The second-order valence-corrected chi connectivity index (χ2v) is 10.1. The summed E-state index contributed by atoms with van der Waals surface area (Å²) in [5, 5.41) is 6.70. The van der Waals surface area contributed by atoms with Gasteiger partial charge in [0.05, 0.1) is 11.9 Å². The number of carbonyl (C=O) groups excluding carboxylic acids is 2. The summed E-state index contributed by atoms with van der Waals surface area (Å²) in [5.41, 5.74) is 5.00. The second kappa shape index (κ2) is 10.5. The van der Waals surface area contributed by atoms with Crippen LogP contribution in [0.5, 0.6) is 0 Å². The molecular weight excluding hydrogens is 456 g/mol. The van der Waals surface area contributed by atoms with Crippen molar-refractivity contribution in [3.8, 4) is 11.1 Å². The van der Waals surface area contributed by atoms with E-state index in [0.717, 1.165) is 54.1 Å². The Morgan fingerprint density at radius 2 is 1.86 bits per heavy atom. The molecule has 0 atom stereocenters. The van der Waals surface area contributed by atoms with Gasteiger partial charge in [-0.25, -0.2) is 0 Å². The number of piperazine rings is 1. The van der Waals surface area contributed by atoms with Crippen LogP contribution in [-0.4, -0.2) is 58.0 Å². The number of amides is 2. The third-order valence-electron chi connectivity index (χ3n) is 6.44. The molecule has 0 aliphatic carbocycles. The van der Waals surface area contributed by atoms with Gasteiger partial charge in [-0.1, -0.05) is 51.1 Å². The van der Waals surface area contributed by atoms with Gasteiger partial charge in [0.2, 0.25) is 11.8 Å². The molecule has 1 fully saturated rings. The smallest absolute Gasteiger partial charge is 0.292 e. The Hall–Kier alpha value is -3.75. The predicted octanol–water partition coefficient (Wildman–Crippen LogP) is 3.73. The van der Waals surface area contributed by atoms with Gasteiger partial charge in [0.1, 0.15) is 0 Å². The molecule has 36 heavy (non-hydrogen) atoms. The molecule has 3 aromatic rings. The number of anilines is 1. The van der Waals surface area contributed by atoms with E-state index in [9.17, 15) is 9.59 Å². The lowest BCUT2D eigenvalue weighted by Gasteiger charge is -2.36. The molecule has 1 saturated heterocycles. The molecule has 9 heteroatoms. The number of hydrogen-bond acceptors (Lipinski definition) is 7. The van der Waals surface area contributed by atoms with Gasteiger partial charge in [-0.15, -0.1) is 0 Å². The van der Waals surface area contributed by atoms with E-state index >= 15 is 0 Å². The number of aryl methyl sites for hydroxylation is 1. The van der Waals surface area contributed by atoms with Crippen LogP contribution in [0, 0.1) is 6.92 Å². The molecule has 1 aromatic carbocycles. The molecule has 1 aliphatic heterocycles. The molecule has 190 valence electrons. The van der Waals surface area contributed by atoms with Gasteiger partial charge in [-0.3, -0.25) is 14.6 Å². The van der Waals surface area contributed by atoms with E-state index in [2.05, 4.69) is 37.5 Å². The van der Waals surface area contributed by atoms with Crippen molar-refractivity contribution >= 4 is 17.5 Å². The highest BCUT2D eigenvalue weighted by atomic mass is 16.5. The van der Waals surface area contributed by atoms with Gasteiger partial charge in [-0.05, 0) is 29.7 Å². The number of carbonyl (C=O) groups is 2. The molecule has 2 amide bonds. The zero-order valence-corrected chi connectivity index (χ0v) is 21.7. The molecule has 0 unspecified atom stereocenters. The SMILES string of the molecule is CCC(=O)N1CCN(c2cnccc2-c2ccc(CNC(=O)c3noc(C(C)(C)C)n3)c(C)c2)CC1. The van der Waals surface area contributed by atoms with Crippen LogP contribution in [0.15, 0.2) is 41.2 Å². The average molecular weight is 491 g/mol. The van der Waals surface area contributed by atoms with Crippen molar-refractivity contribution in [1.29, 1.82) is 0 Å². The summed E-state index contributed by atoms with van der Waals surface area (Å²) >= 11 is 0. The van der Waals surface area contributed by atoms with Crippen molar-refractivity contribution in [3.05, 3.63) is 59.5 Å². The Bertz CT molecular complexity index is 1240. The number of rotatable bonds is 6. The van der Waals surface area contributed by atoms with Gasteiger partial charge >= 0.3 is 0 Å². The Morgan fingerprint density at radius 1 is 1.11 bits per heavy atom. The Balaban J connectivity index is 1.45. The summed E-state index contributed by atoms with van der Waals surface area (Å²) in [6.07, 6.45) is 4.24. The van der Waals surface area contributed by atoms with Crippen molar-refractivity contribution in [3.63, 3.8) is 0 Å². The minimum Gasteiger partial charge on any atom is -0.366 e. The first-order chi connectivity index (χ1) is 17.2. The van der Waals surface area contributed by atoms with Gasteiger partial charge in [0, 0.05) is 56.3 Å². The fourth-order valence-corrected chi connectivity index (χ4v) is 4.24. The summed E-state index contributed by atoms with van der Waals surface area (Å²) < 4.78 is 5.22. The number of hydrogen-bond donors (Lipinski definition) is 1. The second-order valence-electron chi connectivity index (χ2n) is 10.1. The standard InChI is InChI=1S/C27H34N6O3/c1-6-23(34)33-13-11-32(12-14-33)22-17-28-10-9-21(22)19-7-8-20(18(2)15-19)16-29-25(35)24-30-26(36-31-24)27(3,4)5/h7-10,15,17H,6,11-14,16H2,1-5H3,(H,29,35). The van der Waals surface area contributed by atoms with E-state index in [1.807, 2.05) is 57.8 Å². The molecule has 2 aromatic heterocycles. The highest BCUT2D eigenvalue weighted by molar-refractivity contribution is 5.90. The molecule has 0 spiro atoms. The maximum absolute atomic E-state index is 12.5. The van der Waals surface area contributed by atoms with Crippen LogP contribution in [0.4, 0.5) is 5.69 Å². The summed E-state index contributed by atoms with van der Waals surface area (Å²) in [7, 11) is 0. The fraction of sp³-hybridized carbons (Fsp3) is 0.444. The lowest BCUT2D eigenvalue weighted by atomic mass is 9.97. The quantitative estimate of drug-likeness (QED) is 0.561. The summed E-state index contributed by atoms with van der Waals surface area (Å²) in [5.74, 6) is 0.305. The van der Waals surface area contributed by atoms with E-state index in [0.29, 0.717) is 18.9 Å². The molecule has 3 heterocycles. The van der Waals surface area contributed by atoms with Crippen LogP contribution in [0.25, 0.3) is 11.1 Å². The van der Waals surface area contributed by atoms with Crippen molar-refractivity contribution in [2.24, 2.45) is 0 Å². The Morgan fingerprint density at radius 3 is 2.50 bits per heavy atom. The van der Waals surface area contributed by atoms with Crippen LogP contribution < -0.4 is 10.2 Å². The normalized spacial score (nSPS) is 14.1. The maximum atomic E-state index is 12.5. The van der Waals surface area contributed by atoms with Gasteiger partial charge in [-0.2, -0.15) is 4.98 Å². The lowest BCUT2D eigenvalue weighted by Crippen LogP contribution is -2.48. The topological polar surface area (TPSA) is 104 Å². The average Bonchev–Trinajstić information content (AvgIpc) is 3.39. The van der Waals surface area contributed by atoms with Gasteiger partial charge in [0.25, 0.3) is 11.7 Å². The van der Waals surface area contributed by atoms with Crippen LogP contribution >= 0.6 is 0 Å². The number of aromatic nitrogens is 3. The largest absolute Gasteiger partial charge is 0.366 e. The Kier molecular flexibility index (Phi) is 7.37. The lowest BCUT2D eigenvalue weighted by molar-refractivity contribution is -0.131. The summed E-state index contributed by atoms with van der Waals surface area (Å²) in [6.45, 7) is 13.2. The van der Waals surface area contributed by atoms with E-state index in [4.69, 9.17) is 4.52 Å². The maximum Gasteiger partial charge on any atom is 0.292 e. The van der Waals surface area contributed by atoms with Crippen molar-refractivity contribution in [2.75, 3.05) is 31.1 Å². The molecule has 9 nitrogen and oxygen atoms in total. The van der Waals surface area contributed by atoms with E-state index in [-0.39, 0.29) is 23.1 Å². The molecule has 1 aliphatic rings. The first-order valence-corrected chi connectivity index (χ1v) is 12.4. The minimum atomic E-state index is -0.366. The van der Waals surface area contributed by atoms with Crippen LogP contribution in [-0.2, 0) is 16.8 Å². The first kappa shape index (κ1) is 25.3. The number of nitrogens with zero attached hydrogens (tertiary/aromatic N) is 5. The van der Waals surface area contributed by atoms with Gasteiger partial charge in [0.15, 0.2) is 0 Å². The van der Waals surface area contributed by atoms with E-state index in [1.165, 1.54) is 0 Å². The van der Waals surface area contributed by atoms with E-state index < -0.39 is 0 Å². The summed E-state index contributed by atoms with van der Waals surface area (Å²) in [6, 6.07) is 8.25. The predicted molar refractivity (Wildman–Crippen MR) is 138 cm³/mol. The first-order valence-electron chi connectivity index (χ1n) is 12.4. The third kappa shape index (κ3) is 5.56. The van der Waals surface area contributed by atoms with Crippen LogP contribution in [0.1, 0.15) is 61.8 Å². The third-order valence-corrected chi connectivity index (χ3v) is 6.44. The number of benzene rings is 1. The zero-order chi connectivity index (χ0) is 25.9. The Labute approximate surface area is 211 Å². The fourth-order valence-electron chi connectivity index (χ4n) is 4.24. The molecule has 0 saturated carbocycles. The molecule has 0 bridgehead atoms. The summed E-state index contributed by atoms with van der Waals surface area (Å²) in [4.78, 5) is 37.4. The van der Waals surface area contributed by atoms with Crippen LogP contribution in [0.2, 0.25) is 0 Å². The van der Waals surface area contributed by atoms with Crippen molar-refractivity contribution in [2.45, 2.75) is 53.0 Å². The number of pyridine rings is 1. The monoisotopic (exact) mass is 490 g/mol. The van der Waals surface area contributed by atoms with Crippen molar-refractivity contribution in [1.82, 2.24) is 25.3 Å². The van der Waals surface area contributed by atoms with Crippen molar-refractivity contribution < 1.29 is 14.1 Å². The molecular formula is C27H34N6O3. The minimum absolute atomic E-state index is 0.0383. The highest BCUT2D eigenvalue weighted by Gasteiger charge is 2.25. The molecule has 0 radical (unpaired) electrons.